The van der Waals surface area contributed by atoms with E-state index in [-0.39, 0.29) is 5.88 Å². The number of aromatic nitrogens is 1. The van der Waals surface area contributed by atoms with Crippen molar-refractivity contribution < 1.29 is 23.0 Å². The highest BCUT2D eigenvalue weighted by Gasteiger charge is 2.28. The van der Waals surface area contributed by atoms with E-state index < -0.39 is 18.9 Å². The van der Waals surface area contributed by atoms with Crippen LogP contribution in [0.1, 0.15) is 18.6 Å². The normalized spacial score (nSPS) is 13.7. The number of hydrogen-bond donors (Lipinski definition) is 1. The summed E-state index contributed by atoms with van der Waals surface area (Å²) in [6, 6.07) is 2.75. The van der Waals surface area contributed by atoms with Crippen LogP contribution >= 0.6 is 0 Å². The van der Waals surface area contributed by atoms with Crippen LogP contribution in [0, 0.1) is 0 Å². The number of rotatable bonds is 3. The second-order valence-corrected chi connectivity index (χ2v) is 3.01. The monoisotopic (exact) mass is 221 g/mol. The molecule has 0 radical (unpaired) electrons. The highest BCUT2D eigenvalue weighted by molar-refractivity contribution is 5.19. The summed E-state index contributed by atoms with van der Waals surface area (Å²) in [7, 11) is 0. The molecular weight excluding hydrogens is 211 g/mol. The fourth-order valence-electron chi connectivity index (χ4n) is 0.880. The fraction of sp³-hybridized carbons (Fsp3) is 0.444. The van der Waals surface area contributed by atoms with E-state index in [2.05, 4.69) is 9.72 Å². The van der Waals surface area contributed by atoms with Gasteiger partial charge in [0.25, 0.3) is 0 Å². The van der Waals surface area contributed by atoms with Gasteiger partial charge < -0.3 is 9.84 Å². The first-order valence-corrected chi connectivity index (χ1v) is 4.22. The molecule has 1 N–H and O–H groups in total. The van der Waals surface area contributed by atoms with Gasteiger partial charge in [0, 0.05) is 12.3 Å². The Morgan fingerprint density at radius 3 is 2.53 bits per heavy atom. The maximum atomic E-state index is 11.8. The Labute approximate surface area is 84.5 Å². The average molecular weight is 221 g/mol. The van der Waals surface area contributed by atoms with Crippen LogP contribution in [0.15, 0.2) is 18.3 Å². The van der Waals surface area contributed by atoms with Crippen molar-refractivity contribution in [3.05, 3.63) is 23.9 Å². The molecule has 0 unspecified atom stereocenters. The van der Waals surface area contributed by atoms with Gasteiger partial charge in [-0.15, -0.1) is 0 Å². The molecule has 0 aliphatic heterocycles. The van der Waals surface area contributed by atoms with Gasteiger partial charge in [-0.1, -0.05) is 0 Å². The van der Waals surface area contributed by atoms with Crippen LogP contribution in [0.4, 0.5) is 13.2 Å². The number of aliphatic hydroxyl groups is 1. The van der Waals surface area contributed by atoms with Gasteiger partial charge in [-0.2, -0.15) is 13.2 Å². The van der Waals surface area contributed by atoms with Gasteiger partial charge in [-0.05, 0) is 18.6 Å². The lowest BCUT2D eigenvalue weighted by molar-refractivity contribution is -0.154. The number of halogens is 3. The summed E-state index contributed by atoms with van der Waals surface area (Å²) >= 11 is 0. The number of nitrogens with zero attached hydrogens (tertiary/aromatic N) is 1. The first-order chi connectivity index (χ1) is 6.88. The average Bonchev–Trinajstić information content (AvgIpc) is 2.14. The second kappa shape index (κ2) is 4.48. The third-order valence-corrected chi connectivity index (χ3v) is 1.63. The van der Waals surface area contributed by atoms with Crippen LogP contribution in [-0.2, 0) is 0 Å². The molecule has 0 aliphatic rings. The molecule has 84 valence electrons. The van der Waals surface area contributed by atoms with Crippen LogP contribution < -0.4 is 4.74 Å². The van der Waals surface area contributed by atoms with E-state index in [1.807, 2.05) is 0 Å². The fourth-order valence-corrected chi connectivity index (χ4v) is 0.880. The number of alkyl halides is 3. The Bertz CT molecular complexity index is 308. The summed E-state index contributed by atoms with van der Waals surface area (Å²) in [6.07, 6.45) is -3.80. The summed E-state index contributed by atoms with van der Waals surface area (Å²) in [5.41, 5.74) is 0.523. The molecule has 1 aromatic rings. The van der Waals surface area contributed by atoms with Gasteiger partial charge in [0.1, 0.15) is 0 Å². The van der Waals surface area contributed by atoms with Crippen molar-refractivity contribution in [3.8, 4) is 5.88 Å². The molecule has 6 heteroatoms. The zero-order chi connectivity index (χ0) is 11.5. The Morgan fingerprint density at radius 1 is 1.47 bits per heavy atom. The van der Waals surface area contributed by atoms with Crippen LogP contribution in [0.2, 0.25) is 0 Å². The summed E-state index contributed by atoms with van der Waals surface area (Å²) < 4.78 is 39.7. The molecule has 0 amide bonds. The molecule has 15 heavy (non-hydrogen) atoms. The second-order valence-electron chi connectivity index (χ2n) is 3.01. The molecule has 0 spiro atoms. The Morgan fingerprint density at radius 2 is 2.13 bits per heavy atom. The molecular formula is C9H10F3NO2. The van der Waals surface area contributed by atoms with Crippen LogP contribution in [-0.4, -0.2) is 22.9 Å². The lowest BCUT2D eigenvalue weighted by atomic mass is 10.2. The van der Waals surface area contributed by atoms with E-state index in [0.717, 1.165) is 0 Å². The van der Waals surface area contributed by atoms with Crippen molar-refractivity contribution in [2.24, 2.45) is 0 Å². The zero-order valence-electron chi connectivity index (χ0n) is 7.95. The van der Waals surface area contributed by atoms with Crippen molar-refractivity contribution in [3.63, 3.8) is 0 Å². The number of hydrogen-bond acceptors (Lipinski definition) is 3. The summed E-state index contributed by atoms with van der Waals surface area (Å²) in [4.78, 5) is 3.62. The summed E-state index contributed by atoms with van der Waals surface area (Å²) in [6.45, 7) is 0.168. The van der Waals surface area contributed by atoms with Crippen LogP contribution in [0.5, 0.6) is 5.88 Å². The molecule has 0 fully saturated rings. The quantitative estimate of drug-likeness (QED) is 0.849. The molecule has 1 atom stereocenters. The molecule has 3 nitrogen and oxygen atoms in total. The standard InChI is InChI=1S/C9H10F3NO2/c1-6(14)7-2-3-8(13-4-7)15-5-9(10,11)12/h2-4,6,14H,5H2,1H3/t6-/m1/s1. The third-order valence-electron chi connectivity index (χ3n) is 1.63. The van der Waals surface area contributed by atoms with Crippen molar-refractivity contribution in [2.45, 2.75) is 19.2 Å². The minimum atomic E-state index is -4.37. The summed E-state index contributed by atoms with van der Waals surface area (Å²) in [5.74, 6) is -0.114. The highest BCUT2D eigenvalue weighted by atomic mass is 19.4. The van der Waals surface area contributed by atoms with Gasteiger partial charge in [0.2, 0.25) is 5.88 Å². The van der Waals surface area contributed by atoms with Crippen molar-refractivity contribution in [1.29, 1.82) is 0 Å². The van der Waals surface area contributed by atoms with E-state index in [1.54, 1.807) is 0 Å². The molecule has 0 saturated heterocycles. The van der Waals surface area contributed by atoms with Crippen molar-refractivity contribution in [2.75, 3.05) is 6.61 Å². The Hall–Kier alpha value is -1.30. The van der Waals surface area contributed by atoms with E-state index in [4.69, 9.17) is 5.11 Å². The third kappa shape index (κ3) is 4.16. The Balaban J connectivity index is 2.57. The van der Waals surface area contributed by atoms with E-state index in [0.29, 0.717) is 5.56 Å². The molecule has 1 rings (SSSR count). The zero-order valence-corrected chi connectivity index (χ0v) is 7.95. The lowest BCUT2D eigenvalue weighted by Gasteiger charge is -2.09. The molecule has 0 aliphatic carbocycles. The topological polar surface area (TPSA) is 42.4 Å². The predicted octanol–water partition coefficient (Wildman–Crippen LogP) is 2.08. The molecule has 1 aromatic heterocycles. The summed E-state index contributed by atoms with van der Waals surface area (Å²) in [5, 5.41) is 9.11. The smallest absolute Gasteiger partial charge is 0.422 e. The number of ether oxygens (including phenoxy) is 1. The minimum Gasteiger partial charge on any atom is -0.468 e. The molecule has 0 bridgehead atoms. The van der Waals surface area contributed by atoms with Gasteiger partial charge in [0.15, 0.2) is 6.61 Å². The van der Waals surface area contributed by atoms with Gasteiger partial charge in [-0.3, -0.25) is 0 Å². The number of pyridine rings is 1. The number of aliphatic hydroxyl groups excluding tert-OH is 1. The van der Waals surface area contributed by atoms with Gasteiger partial charge in [-0.25, -0.2) is 4.98 Å². The van der Waals surface area contributed by atoms with Crippen LogP contribution in [0.25, 0.3) is 0 Å². The Kier molecular flexibility index (Phi) is 3.52. The van der Waals surface area contributed by atoms with E-state index >= 15 is 0 Å². The van der Waals surface area contributed by atoms with Crippen molar-refractivity contribution in [1.82, 2.24) is 4.98 Å². The molecule has 0 saturated carbocycles. The van der Waals surface area contributed by atoms with E-state index in [9.17, 15) is 13.2 Å². The maximum Gasteiger partial charge on any atom is 0.422 e. The largest absolute Gasteiger partial charge is 0.468 e. The van der Waals surface area contributed by atoms with E-state index in [1.165, 1.54) is 25.3 Å². The predicted molar refractivity (Wildman–Crippen MR) is 46.4 cm³/mol. The maximum absolute atomic E-state index is 11.8. The SMILES string of the molecule is C[C@@H](O)c1ccc(OCC(F)(F)F)nc1. The van der Waals surface area contributed by atoms with Crippen LogP contribution in [0.3, 0.4) is 0 Å². The first kappa shape index (κ1) is 11.8. The highest BCUT2D eigenvalue weighted by Crippen LogP contribution is 2.18. The first-order valence-electron chi connectivity index (χ1n) is 4.22. The van der Waals surface area contributed by atoms with Gasteiger partial charge in [0.05, 0.1) is 6.10 Å². The van der Waals surface area contributed by atoms with Gasteiger partial charge >= 0.3 is 6.18 Å². The minimum absolute atomic E-state index is 0.114. The molecule has 1 heterocycles. The molecule has 0 aromatic carbocycles. The lowest BCUT2D eigenvalue weighted by Crippen LogP contribution is -2.19. The van der Waals surface area contributed by atoms with Crippen molar-refractivity contribution >= 4 is 0 Å².